The van der Waals surface area contributed by atoms with Gasteiger partial charge in [-0.25, -0.2) is 8.42 Å². The number of sulfonamides is 1. The predicted octanol–water partition coefficient (Wildman–Crippen LogP) is 2.77. The first kappa shape index (κ1) is 23.9. The Morgan fingerprint density at radius 1 is 1.06 bits per heavy atom. The minimum Gasteiger partial charge on any atom is -0.493 e. The molecule has 1 saturated heterocycles. The molecule has 0 saturated carbocycles. The molecule has 0 spiro atoms. The van der Waals surface area contributed by atoms with Gasteiger partial charge in [0.25, 0.3) is 0 Å². The first-order valence-corrected chi connectivity index (χ1v) is 11.8. The summed E-state index contributed by atoms with van der Waals surface area (Å²) in [5.41, 5.74) is 0.819. The van der Waals surface area contributed by atoms with Crippen LogP contribution >= 0.6 is 0 Å². The minimum absolute atomic E-state index is 0.0910. The first-order valence-electron chi connectivity index (χ1n) is 10.4. The van der Waals surface area contributed by atoms with Gasteiger partial charge in [0.2, 0.25) is 21.7 Å². The van der Waals surface area contributed by atoms with Crippen molar-refractivity contribution in [1.82, 2.24) is 9.21 Å². The summed E-state index contributed by atoms with van der Waals surface area (Å²) in [7, 11) is 2.71. The molecular formula is C23H30N2O6S. The molecular weight excluding hydrogens is 432 g/mol. The standard InChI is InChI=1S/C23H30N2O6S/c1-24(15-17-13-20(29-2)22(31-4)21(14-17)30-3)23(26)18-9-8-12-25(16-18)32(27,28)19-10-6-5-7-11-19/h5-7,10-11,13-14,18H,8-9,12,15-16H2,1-4H3. The highest BCUT2D eigenvalue weighted by atomic mass is 32.2. The molecule has 0 radical (unpaired) electrons. The zero-order valence-corrected chi connectivity index (χ0v) is 19.7. The molecule has 2 aromatic rings. The van der Waals surface area contributed by atoms with E-state index < -0.39 is 15.9 Å². The Balaban J connectivity index is 1.73. The quantitative estimate of drug-likeness (QED) is 0.600. The Morgan fingerprint density at radius 2 is 1.69 bits per heavy atom. The fourth-order valence-corrected chi connectivity index (χ4v) is 5.54. The topological polar surface area (TPSA) is 85.4 Å². The van der Waals surface area contributed by atoms with Crippen molar-refractivity contribution in [1.29, 1.82) is 0 Å². The maximum absolute atomic E-state index is 13.2. The maximum Gasteiger partial charge on any atom is 0.243 e. The van der Waals surface area contributed by atoms with Gasteiger partial charge in [0.05, 0.1) is 32.1 Å². The van der Waals surface area contributed by atoms with E-state index in [1.807, 2.05) is 0 Å². The Kier molecular flexibility index (Phi) is 7.63. The van der Waals surface area contributed by atoms with Gasteiger partial charge in [-0.05, 0) is 42.7 Å². The molecule has 32 heavy (non-hydrogen) atoms. The number of amides is 1. The minimum atomic E-state index is -3.62. The van der Waals surface area contributed by atoms with Gasteiger partial charge in [-0.2, -0.15) is 4.31 Å². The lowest BCUT2D eigenvalue weighted by atomic mass is 9.98. The molecule has 1 heterocycles. The van der Waals surface area contributed by atoms with Crippen LogP contribution in [-0.2, 0) is 21.4 Å². The van der Waals surface area contributed by atoms with Crippen LogP contribution in [0.3, 0.4) is 0 Å². The van der Waals surface area contributed by atoms with E-state index in [4.69, 9.17) is 14.2 Å². The Hall–Kier alpha value is -2.78. The molecule has 1 aliphatic heterocycles. The SMILES string of the molecule is COc1cc(CN(C)C(=O)C2CCCN(S(=O)(=O)c3ccccc3)C2)cc(OC)c1OC. The van der Waals surface area contributed by atoms with E-state index in [-0.39, 0.29) is 17.3 Å². The van der Waals surface area contributed by atoms with Gasteiger partial charge in [-0.15, -0.1) is 0 Å². The normalized spacial score (nSPS) is 16.9. The summed E-state index contributed by atoms with van der Waals surface area (Å²) < 4.78 is 43.5. The van der Waals surface area contributed by atoms with Crippen LogP contribution < -0.4 is 14.2 Å². The first-order chi connectivity index (χ1) is 15.3. The monoisotopic (exact) mass is 462 g/mol. The highest BCUT2D eigenvalue weighted by Crippen LogP contribution is 2.38. The van der Waals surface area contributed by atoms with E-state index in [0.717, 1.165) is 5.56 Å². The van der Waals surface area contributed by atoms with E-state index in [0.29, 0.717) is 43.2 Å². The van der Waals surface area contributed by atoms with Crippen LogP contribution in [-0.4, -0.2) is 65.0 Å². The number of carbonyl (C=O) groups is 1. The predicted molar refractivity (Wildman–Crippen MR) is 120 cm³/mol. The summed E-state index contributed by atoms with van der Waals surface area (Å²) >= 11 is 0. The summed E-state index contributed by atoms with van der Waals surface area (Å²) in [5.74, 6) is 1.03. The summed E-state index contributed by atoms with van der Waals surface area (Å²) in [4.78, 5) is 15.0. The molecule has 0 aromatic heterocycles. The zero-order valence-electron chi connectivity index (χ0n) is 18.9. The van der Waals surface area contributed by atoms with E-state index in [1.54, 1.807) is 68.6 Å². The molecule has 0 aliphatic carbocycles. The molecule has 0 N–H and O–H groups in total. The van der Waals surface area contributed by atoms with E-state index in [1.165, 1.54) is 11.4 Å². The number of hydrogen-bond donors (Lipinski definition) is 0. The lowest BCUT2D eigenvalue weighted by Crippen LogP contribution is -2.45. The largest absolute Gasteiger partial charge is 0.493 e. The molecule has 1 atom stereocenters. The molecule has 174 valence electrons. The number of methoxy groups -OCH3 is 3. The highest BCUT2D eigenvalue weighted by molar-refractivity contribution is 7.89. The highest BCUT2D eigenvalue weighted by Gasteiger charge is 2.34. The Morgan fingerprint density at radius 3 is 2.25 bits per heavy atom. The molecule has 0 bridgehead atoms. The van der Waals surface area contributed by atoms with Crippen LogP contribution in [0.2, 0.25) is 0 Å². The van der Waals surface area contributed by atoms with Crippen molar-refractivity contribution in [2.24, 2.45) is 5.92 Å². The lowest BCUT2D eigenvalue weighted by Gasteiger charge is -2.33. The lowest BCUT2D eigenvalue weighted by molar-refractivity contribution is -0.135. The maximum atomic E-state index is 13.2. The van der Waals surface area contributed by atoms with E-state index in [2.05, 4.69) is 0 Å². The number of benzene rings is 2. The summed E-state index contributed by atoms with van der Waals surface area (Å²) in [6.07, 6.45) is 1.29. The Bertz CT molecular complexity index is 1020. The van der Waals surface area contributed by atoms with Gasteiger partial charge in [-0.1, -0.05) is 18.2 Å². The molecule has 1 amide bonds. The van der Waals surface area contributed by atoms with Gasteiger partial charge in [0, 0.05) is 26.7 Å². The van der Waals surface area contributed by atoms with Crippen molar-refractivity contribution in [2.45, 2.75) is 24.3 Å². The van der Waals surface area contributed by atoms with Gasteiger partial charge >= 0.3 is 0 Å². The van der Waals surface area contributed by atoms with Crippen LogP contribution in [0.15, 0.2) is 47.4 Å². The number of rotatable bonds is 8. The third-order valence-electron chi connectivity index (χ3n) is 5.63. The number of piperidine rings is 1. The molecule has 1 unspecified atom stereocenters. The summed E-state index contributed by atoms with van der Waals surface area (Å²) in [6, 6.07) is 11.9. The van der Waals surface area contributed by atoms with Gasteiger partial charge < -0.3 is 19.1 Å². The smallest absolute Gasteiger partial charge is 0.243 e. The third kappa shape index (κ3) is 4.99. The van der Waals surface area contributed by atoms with Gasteiger partial charge in [0.15, 0.2) is 11.5 Å². The number of nitrogens with zero attached hydrogens (tertiary/aromatic N) is 2. The van der Waals surface area contributed by atoms with Crippen molar-refractivity contribution in [3.8, 4) is 17.2 Å². The van der Waals surface area contributed by atoms with Crippen molar-refractivity contribution < 1.29 is 27.4 Å². The van der Waals surface area contributed by atoms with Crippen molar-refractivity contribution in [3.05, 3.63) is 48.0 Å². The average molecular weight is 463 g/mol. The Labute approximate surface area is 189 Å². The van der Waals surface area contributed by atoms with Gasteiger partial charge in [0.1, 0.15) is 0 Å². The second kappa shape index (κ2) is 10.2. The fraction of sp³-hybridized carbons (Fsp3) is 0.435. The summed E-state index contributed by atoms with van der Waals surface area (Å²) in [5, 5.41) is 0. The number of hydrogen-bond acceptors (Lipinski definition) is 6. The third-order valence-corrected chi connectivity index (χ3v) is 7.51. The molecule has 1 fully saturated rings. The van der Waals surface area contributed by atoms with Crippen molar-refractivity contribution in [3.63, 3.8) is 0 Å². The average Bonchev–Trinajstić information content (AvgIpc) is 2.83. The molecule has 2 aromatic carbocycles. The second-order valence-corrected chi connectivity index (χ2v) is 9.68. The van der Waals surface area contributed by atoms with Crippen molar-refractivity contribution in [2.75, 3.05) is 41.5 Å². The summed E-state index contributed by atoms with van der Waals surface area (Å²) in [6.45, 7) is 0.921. The molecule has 8 nitrogen and oxygen atoms in total. The van der Waals surface area contributed by atoms with Crippen LogP contribution in [0.4, 0.5) is 0 Å². The zero-order chi connectivity index (χ0) is 23.3. The number of carbonyl (C=O) groups excluding carboxylic acids is 1. The molecule has 3 rings (SSSR count). The second-order valence-electron chi connectivity index (χ2n) is 7.74. The van der Waals surface area contributed by atoms with Crippen LogP contribution in [0.5, 0.6) is 17.2 Å². The van der Waals surface area contributed by atoms with Crippen LogP contribution in [0.25, 0.3) is 0 Å². The molecule has 9 heteroatoms. The van der Waals surface area contributed by atoms with Gasteiger partial charge in [-0.3, -0.25) is 4.79 Å². The van der Waals surface area contributed by atoms with E-state index in [9.17, 15) is 13.2 Å². The van der Waals surface area contributed by atoms with E-state index >= 15 is 0 Å². The molecule has 1 aliphatic rings. The fourth-order valence-electron chi connectivity index (χ4n) is 3.99. The number of ether oxygens (including phenoxy) is 3. The van der Waals surface area contributed by atoms with Crippen LogP contribution in [0.1, 0.15) is 18.4 Å². The van der Waals surface area contributed by atoms with Crippen molar-refractivity contribution >= 4 is 15.9 Å². The van der Waals surface area contributed by atoms with Crippen LogP contribution in [0, 0.1) is 5.92 Å².